The summed E-state index contributed by atoms with van der Waals surface area (Å²) in [4.78, 5) is 29.6. The highest BCUT2D eigenvalue weighted by Crippen LogP contribution is 2.43. The van der Waals surface area contributed by atoms with Crippen LogP contribution in [0, 0.1) is 0 Å². The van der Waals surface area contributed by atoms with Gasteiger partial charge in [0.2, 0.25) is 5.95 Å². The zero-order valence-electron chi connectivity index (χ0n) is 30.3. The standard InChI is InChI=1S/C37H45N12O2P/c1-46-16-18-48(19-17-46)25-9-14-49(15-10-25)31-21-32(51-3)30(20-27(31)24-22-41-47(2)23-24)43-37-44-35-26(8-11-40-35)36(45-37)42-29-7-6-28-33(39-13-12-38-28)34(29)52(4,5)50/h6-8,11-13,20-23,25H,9-10,14-19H2,1-5H3,(H3,40,42,43,44,45). The largest absolute Gasteiger partial charge is 0.494 e. The fourth-order valence-corrected chi connectivity index (χ4v) is 8.95. The SMILES string of the molecule is COc1cc(N2CCC(N3CCN(C)CC3)CC2)c(-c2cnn(C)c2)cc1Nc1nc(Nc2ccc3nccnc3c2P(C)(C)=O)c2cc[nH]c2n1. The third-order valence-electron chi connectivity index (χ3n) is 10.3. The smallest absolute Gasteiger partial charge is 0.231 e. The number of benzene rings is 2. The topological polar surface area (TPSA) is 145 Å². The highest BCUT2D eigenvalue weighted by molar-refractivity contribution is 7.71. The number of nitrogens with zero attached hydrogens (tertiary/aromatic N) is 9. The second kappa shape index (κ2) is 13.8. The summed E-state index contributed by atoms with van der Waals surface area (Å²) in [5, 5.41) is 12.9. The molecule has 8 rings (SSSR count). The Morgan fingerprint density at radius 1 is 0.923 bits per heavy atom. The second-order valence-corrected chi connectivity index (χ2v) is 17.3. The van der Waals surface area contributed by atoms with Crippen molar-refractivity contribution in [2.75, 3.05) is 82.3 Å². The lowest BCUT2D eigenvalue weighted by atomic mass is 9.98. The Hall–Kier alpha value is -5.04. The number of likely N-dealkylation sites (N-methyl/N-ethyl adjacent to an activating group) is 1. The number of aryl methyl sites for hydroxylation is 1. The van der Waals surface area contributed by atoms with Crippen LogP contribution in [0.4, 0.5) is 28.8 Å². The van der Waals surface area contributed by atoms with Crippen LogP contribution < -0.4 is 25.6 Å². The van der Waals surface area contributed by atoms with Gasteiger partial charge in [-0.1, -0.05) is 0 Å². The van der Waals surface area contributed by atoms with E-state index < -0.39 is 7.14 Å². The van der Waals surface area contributed by atoms with Gasteiger partial charge in [0, 0.05) is 100 Å². The minimum Gasteiger partial charge on any atom is -0.494 e. The lowest BCUT2D eigenvalue weighted by Crippen LogP contribution is -2.52. The Labute approximate surface area is 303 Å². The van der Waals surface area contributed by atoms with Crippen LogP contribution in [0.15, 0.2) is 61.3 Å². The third-order valence-corrected chi connectivity index (χ3v) is 11.8. The minimum atomic E-state index is -2.79. The molecule has 0 saturated carbocycles. The number of aromatic nitrogens is 7. The molecule has 0 spiro atoms. The predicted molar refractivity (Wildman–Crippen MR) is 209 cm³/mol. The average Bonchev–Trinajstić information content (AvgIpc) is 3.80. The summed E-state index contributed by atoms with van der Waals surface area (Å²) in [6.45, 7) is 9.96. The van der Waals surface area contributed by atoms with E-state index in [4.69, 9.17) is 14.7 Å². The first-order valence-electron chi connectivity index (χ1n) is 17.7. The number of piperazine rings is 1. The van der Waals surface area contributed by atoms with E-state index >= 15 is 0 Å². The van der Waals surface area contributed by atoms with Crippen LogP contribution in [-0.2, 0) is 11.6 Å². The molecule has 6 aromatic rings. The number of hydrogen-bond donors (Lipinski definition) is 3. The lowest BCUT2D eigenvalue weighted by molar-refractivity contribution is 0.0982. The number of piperidine rings is 1. The molecular formula is C37H45N12O2P. The Kier molecular flexibility index (Phi) is 9.06. The summed E-state index contributed by atoms with van der Waals surface area (Å²) in [7, 11) is 3.05. The first kappa shape index (κ1) is 34.1. The number of nitrogens with one attached hydrogen (secondary N) is 3. The maximum absolute atomic E-state index is 13.6. The van der Waals surface area contributed by atoms with Crippen molar-refractivity contribution in [3.05, 3.63) is 61.3 Å². The Morgan fingerprint density at radius 2 is 1.71 bits per heavy atom. The molecule has 2 aromatic carbocycles. The molecule has 0 bridgehead atoms. The highest BCUT2D eigenvalue weighted by Gasteiger charge is 2.29. The van der Waals surface area contributed by atoms with Gasteiger partial charge in [-0.25, -0.2) is 0 Å². The van der Waals surface area contributed by atoms with Gasteiger partial charge in [-0.2, -0.15) is 15.1 Å². The van der Waals surface area contributed by atoms with E-state index in [2.05, 4.69) is 64.6 Å². The molecule has 2 fully saturated rings. The van der Waals surface area contributed by atoms with Crippen LogP contribution >= 0.6 is 7.14 Å². The van der Waals surface area contributed by atoms with Crippen LogP contribution in [0.1, 0.15) is 12.8 Å². The molecular weight excluding hydrogens is 675 g/mol. The fourth-order valence-electron chi connectivity index (χ4n) is 7.56. The number of hydrogen-bond acceptors (Lipinski definition) is 12. The van der Waals surface area contributed by atoms with Gasteiger partial charge >= 0.3 is 0 Å². The molecule has 270 valence electrons. The molecule has 0 unspecified atom stereocenters. The van der Waals surface area contributed by atoms with E-state index in [9.17, 15) is 4.57 Å². The van der Waals surface area contributed by atoms with Gasteiger partial charge in [0.1, 0.15) is 29.9 Å². The van der Waals surface area contributed by atoms with Crippen molar-refractivity contribution >= 4 is 63.3 Å². The van der Waals surface area contributed by atoms with Crippen LogP contribution in [0.25, 0.3) is 33.2 Å². The average molecular weight is 721 g/mol. The normalized spacial score (nSPS) is 16.5. The van der Waals surface area contributed by atoms with Crippen LogP contribution in [-0.4, -0.2) is 117 Å². The van der Waals surface area contributed by atoms with Gasteiger partial charge in [-0.05, 0) is 57.5 Å². The van der Waals surface area contributed by atoms with Gasteiger partial charge in [0.25, 0.3) is 0 Å². The van der Waals surface area contributed by atoms with Gasteiger partial charge < -0.3 is 34.7 Å². The van der Waals surface area contributed by atoms with E-state index in [0.29, 0.717) is 51.2 Å². The van der Waals surface area contributed by atoms with E-state index in [1.54, 1.807) is 32.8 Å². The molecule has 14 nitrogen and oxygen atoms in total. The lowest BCUT2D eigenvalue weighted by Gasteiger charge is -2.43. The Bertz CT molecular complexity index is 2280. The third kappa shape index (κ3) is 6.69. The molecule has 0 radical (unpaired) electrons. The van der Waals surface area contributed by atoms with Crippen molar-refractivity contribution < 1.29 is 9.30 Å². The first-order chi connectivity index (χ1) is 25.1. The molecule has 6 heterocycles. The summed E-state index contributed by atoms with van der Waals surface area (Å²) in [6, 6.07) is 10.5. The van der Waals surface area contributed by atoms with Crippen molar-refractivity contribution in [1.82, 2.24) is 44.5 Å². The molecule has 4 aromatic heterocycles. The fraction of sp³-hybridized carbons (Fsp3) is 0.378. The maximum Gasteiger partial charge on any atom is 0.231 e. The molecule has 2 aliphatic heterocycles. The number of rotatable bonds is 9. The van der Waals surface area contributed by atoms with Crippen LogP contribution in [0.5, 0.6) is 5.75 Å². The van der Waals surface area contributed by atoms with E-state index in [1.165, 1.54) is 0 Å². The second-order valence-electron chi connectivity index (χ2n) is 14.2. The zero-order chi connectivity index (χ0) is 36.0. The monoisotopic (exact) mass is 720 g/mol. The van der Waals surface area contributed by atoms with Gasteiger partial charge in [-0.15, -0.1) is 0 Å². The number of fused-ring (bicyclic) bond motifs is 2. The summed E-state index contributed by atoms with van der Waals surface area (Å²) < 4.78 is 21.5. The van der Waals surface area contributed by atoms with E-state index in [0.717, 1.165) is 80.0 Å². The Morgan fingerprint density at radius 3 is 2.44 bits per heavy atom. The summed E-state index contributed by atoms with van der Waals surface area (Å²) >= 11 is 0. The number of aromatic amines is 1. The van der Waals surface area contributed by atoms with Crippen molar-refractivity contribution in [1.29, 1.82) is 0 Å². The highest BCUT2D eigenvalue weighted by atomic mass is 31.2. The number of anilines is 5. The van der Waals surface area contributed by atoms with Gasteiger partial charge in [-0.3, -0.25) is 19.5 Å². The summed E-state index contributed by atoms with van der Waals surface area (Å²) in [6.07, 6.45) is 11.3. The van der Waals surface area contributed by atoms with Crippen molar-refractivity contribution in [3.63, 3.8) is 0 Å². The Balaban J connectivity index is 1.13. The molecule has 0 atom stereocenters. The number of ether oxygens (including phenoxy) is 1. The van der Waals surface area contributed by atoms with Gasteiger partial charge in [0.05, 0.1) is 40.9 Å². The summed E-state index contributed by atoms with van der Waals surface area (Å²) in [5.41, 5.74) is 6.50. The molecule has 3 N–H and O–H groups in total. The van der Waals surface area contributed by atoms with Crippen molar-refractivity contribution in [3.8, 4) is 16.9 Å². The quantitative estimate of drug-likeness (QED) is 0.168. The molecule has 52 heavy (non-hydrogen) atoms. The maximum atomic E-state index is 13.6. The summed E-state index contributed by atoms with van der Waals surface area (Å²) in [5.74, 6) is 1.60. The van der Waals surface area contributed by atoms with Crippen molar-refractivity contribution in [2.45, 2.75) is 18.9 Å². The van der Waals surface area contributed by atoms with Crippen LogP contribution in [0.2, 0.25) is 0 Å². The molecule has 2 saturated heterocycles. The molecule has 15 heteroatoms. The predicted octanol–water partition coefficient (Wildman–Crippen LogP) is 5.26. The van der Waals surface area contributed by atoms with Gasteiger partial charge in [0.15, 0.2) is 0 Å². The van der Waals surface area contributed by atoms with Crippen LogP contribution in [0.3, 0.4) is 0 Å². The minimum absolute atomic E-state index is 0.368. The molecule has 0 aliphatic carbocycles. The van der Waals surface area contributed by atoms with E-state index in [-0.39, 0.29) is 0 Å². The zero-order valence-corrected chi connectivity index (χ0v) is 31.2. The molecule has 0 amide bonds. The number of methoxy groups -OCH3 is 1. The number of H-pyrrole nitrogens is 1. The first-order valence-corrected chi connectivity index (χ1v) is 20.3. The van der Waals surface area contributed by atoms with E-state index in [1.807, 2.05) is 48.5 Å². The molecule has 2 aliphatic rings. The van der Waals surface area contributed by atoms with Crippen molar-refractivity contribution in [2.24, 2.45) is 7.05 Å².